The second kappa shape index (κ2) is 14.4. The van der Waals surface area contributed by atoms with Crippen molar-refractivity contribution in [2.75, 3.05) is 17.2 Å². The number of benzene rings is 4. The monoisotopic (exact) mass is 724 g/mol. The number of nitrogens with one attached hydrogen (secondary N) is 2. The quantitative estimate of drug-likeness (QED) is 0.184. The number of alkyl halides is 6. The molecule has 4 N–H and O–H groups in total. The molecule has 2 saturated carbocycles. The highest BCUT2D eigenvalue weighted by molar-refractivity contribution is 5.85. The van der Waals surface area contributed by atoms with Gasteiger partial charge >= 0.3 is 12.4 Å². The van der Waals surface area contributed by atoms with Crippen molar-refractivity contribution in [3.8, 4) is 6.07 Å². The Morgan fingerprint density at radius 2 is 1.08 bits per heavy atom. The van der Waals surface area contributed by atoms with E-state index in [2.05, 4.69) is 28.8 Å². The van der Waals surface area contributed by atoms with E-state index in [-0.39, 0.29) is 54.1 Å². The number of fused-ring (bicyclic) bond motifs is 6. The van der Waals surface area contributed by atoms with Gasteiger partial charge in [0.1, 0.15) is 0 Å². The van der Waals surface area contributed by atoms with Gasteiger partial charge in [-0.25, -0.2) is 0 Å². The summed E-state index contributed by atoms with van der Waals surface area (Å²) in [5.41, 5.74) is 10.1. The van der Waals surface area contributed by atoms with Crippen LogP contribution in [0.2, 0.25) is 0 Å². The third kappa shape index (κ3) is 7.29. The standard InChI is InChI=1S/C20H21F3N2.C20H17F3N2.ClH/c2*21-20(22,23)14-6-7-18-16(10-14)15-8-12(11-24)9-17(15)19(25-18)13-4-2-1-3-5-13;/h1-7,10,12,15,17,19,25H,8-9,11,24H2;1-7,10,12,15,17,19,25H,8-9H2;1H/t2*12-,15+,17+,19-;/m00./s1. The van der Waals surface area contributed by atoms with E-state index in [1.807, 2.05) is 48.5 Å². The van der Waals surface area contributed by atoms with Gasteiger partial charge in [0, 0.05) is 17.3 Å². The van der Waals surface area contributed by atoms with Gasteiger partial charge in [-0.15, -0.1) is 12.4 Å². The normalized spacial score (nSPS) is 27.4. The molecule has 0 bridgehead atoms. The third-order valence-electron chi connectivity index (χ3n) is 11.2. The lowest BCUT2D eigenvalue weighted by Crippen LogP contribution is -2.29. The number of halogens is 7. The Bertz CT molecular complexity index is 1860. The Morgan fingerprint density at radius 1 is 0.627 bits per heavy atom. The van der Waals surface area contributed by atoms with Crippen LogP contribution in [0.1, 0.15) is 83.0 Å². The molecule has 0 aromatic heterocycles. The van der Waals surface area contributed by atoms with Crippen molar-refractivity contribution in [2.45, 2.75) is 62.0 Å². The van der Waals surface area contributed by atoms with Crippen LogP contribution in [0.3, 0.4) is 0 Å². The summed E-state index contributed by atoms with van der Waals surface area (Å²) >= 11 is 0. The summed E-state index contributed by atoms with van der Waals surface area (Å²) in [4.78, 5) is 0. The van der Waals surface area contributed by atoms with E-state index in [9.17, 15) is 31.6 Å². The van der Waals surface area contributed by atoms with Gasteiger partial charge in [0.25, 0.3) is 0 Å². The van der Waals surface area contributed by atoms with Gasteiger partial charge in [-0.05, 0) is 120 Å². The van der Waals surface area contributed by atoms with E-state index in [0.29, 0.717) is 30.9 Å². The van der Waals surface area contributed by atoms with E-state index in [1.54, 1.807) is 6.07 Å². The minimum absolute atomic E-state index is 0. The summed E-state index contributed by atoms with van der Waals surface area (Å²) < 4.78 is 78.8. The Morgan fingerprint density at radius 3 is 1.51 bits per heavy atom. The first kappa shape index (κ1) is 36.6. The van der Waals surface area contributed by atoms with E-state index >= 15 is 0 Å². The highest BCUT2D eigenvalue weighted by Crippen LogP contribution is 2.56. The Balaban J connectivity index is 0.000000172. The molecule has 4 nitrogen and oxygen atoms in total. The van der Waals surface area contributed by atoms with Crippen molar-refractivity contribution in [2.24, 2.45) is 29.4 Å². The zero-order valence-electron chi connectivity index (χ0n) is 27.6. The van der Waals surface area contributed by atoms with E-state index in [1.165, 1.54) is 29.8 Å². The summed E-state index contributed by atoms with van der Waals surface area (Å²) in [7, 11) is 0. The molecule has 51 heavy (non-hydrogen) atoms. The van der Waals surface area contributed by atoms with Crippen molar-refractivity contribution in [3.63, 3.8) is 0 Å². The zero-order valence-corrected chi connectivity index (χ0v) is 28.4. The summed E-state index contributed by atoms with van der Waals surface area (Å²) in [6.45, 7) is 0.586. The van der Waals surface area contributed by atoms with Crippen LogP contribution >= 0.6 is 12.4 Å². The summed E-state index contributed by atoms with van der Waals surface area (Å²) in [5.74, 6) is 0.757. The summed E-state index contributed by atoms with van der Waals surface area (Å²) in [6, 6.07) is 30.6. The molecular formula is C40H39ClF6N4. The van der Waals surface area contributed by atoms with Crippen molar-refractivity contribution in [1.29, 1.82) is 5.26 Å². The Kier molecular flexibility index (Phi) is 10.4. The molecule has 8 rings (SSSR count). The van der Waals surface area contributed by atoms with Crippen LogP contribution in [0.15, 0.2) is 97.1 Å². The smallest absolute Gasteiger partial charge is 0.378 e. The number of nitrogens with zero attached hydrogens (tertiary/aromatic N) is 1. The number of nitrogens with two attached hydrogens (primary N) is 1. The molecule has 11 heteroatoms. The molecule has 2 aliphatic carbocycles. The second-order valence-corrected chi connectivity index (χ2v) is 14.1. The maximum absolute atomic E-state index is 13.1. The van der Waals surface area contributed by atoms with Crippen LogP contribution in [0, 0.1) is 35.0 Å². The Hall–Kier alpha value is -4.20. The van der Waals surface area contributed by atoms with Crippen LogP contribution in [-0.2, 0) is 12.4 Å². The van der Waals surface area contributed by atoms with E-state index < -0.39 is 23.5 Å². The molecule has 8 atom stereocenters. The highest BCUT2D eigenvalue weighted by atomic mass is 35.5. The number of hydrogen-bond acceptors (Lipinski definition) is 4. The topological polar surface area (TPSA) is 73.9 Å². The molecule has 0 saturated heterocycles. The molecular weight excluding hydrogens is 686 g/mol. The molecule has 0 radical (unpaired) electrons. The molecule has 0 amide bonds. The maximum atomic E-state index is 13.1. The zero-order chi connectivity index (χ0) is 35.2. The van der Waals surface area contributed by atoms with Crippen LogP contribution in [0.25, 0.3) is 0 Å². The average Bonchev–Trinajstić information content (AvgIpc) is 3.76. The predicted molar refractivity (Wildman–Crippen MR) is 188 cm³/mol. The number of anilines is 2. The van der Waals surface area contributed by atoms with Crippen molar-refractivity contribution >= 4 is 23.8 Å². The van der Waals surface area contributed by atoms with Gasteiger partial charge in [0.15, 0.2) is 0 Å². The van der Waals surface area contributed by atoms with Gasteiger partial charge in [0.05, 0.1) is 29.3 Å². The lowest BCUT2D eigenvalue weighted by atomic mass is 9.77. The minimum atomic E-state index is -4.35. The summed E-state index contributed by atoms with van der Waals surface area (Å²) in [6.07, 6.45) is -5.52. The van der Waals surface area contributed by atoms with Crippen LogP contribution < -0.4 is 16.4 Å². The third-order valence-corrected chi connectivity index (χ3v) is 11.2. The largest absolute Gasteiger partial charge is 0.416 e. The van der Waals surface area contributed by atoms with Gasteiger partial charge in [-0.1, -0.05) is 60.7 Å². The predicted octanol–water partition coefficient (Wildman–Crippen LogP) is 10.9. The van der Waals surface area contributed by atoms with Gasteiger partial charge in [-0.2, -0.15) is 31.6 Å². The summed E-state index contributed by atoms with van der Waals surface area (Å²) in [5, 5.41) is 16.3. The first-order valence-electron chi connectivity index (χ1n) is 17.1. The molecule has 4 aromatic carbocycles. The molecule has 0 spiro atoms. The molecule has 2 aliphatic heterocycles. The highest BCUT2D eigenvalue weighted by Gasteiger charge is 2.46. The molecule has 4 aliphatic rings. The lowest BCUT2D eigenvalue weighted by Gasteiger charge is -2.38. The first-order valence-corrected chi connectivity index (χ1v) is 17.1. The number of hydrogen-bond donors (Lipinski definition) is 3. The van der Waals surface area contributed by atoms with Crippen LogP contribution in [0.4, 0.5) is 37.7 Å². The fourth-order valence-electron chi connectivity index (χ4n) is 8.88. The van der Waals surface area contributed by atoms with E-state index in [4.69, 9.17) is 5.73 Å². The fourth-order valence-corrected chi connectivity index (χ4v) is 8.88. The molecule has 268 valence electrons. The van der Waals surface area contributed by atoms with Crippen molar-refractivity contribution in [1.82, 2.24) is 0 Å². The van der Waals surface area contributed by atoms with Gasteiger partial charge < -0.3 is 16.4 Å². The second-order valence-electron chi connectivity index (χ2n) is 14.1. The molecule has 4 aromatic rings. The van der Waals surface area contributed by atoms with E-state index in [0.717, 1.165) is 41.4 Å². The maximum Gasteiger partial charge on any atom is 0.416 e. The average molecular weight is 725 g/mol. The van der Waals surface area contributed by atoms with Gasteiger partial charge in [-0.3, -0.25) is 0 Å². The Labute approximate surface area is 299 Å². The van der Waals surface area contributed by atoms with Gasteiger partial charge in [0.2, 0.25) is 0 Å². The number of rotatable bonds is 3. The fraction of sp³-hybridized carbons (Fsp3) is 0.375. The number of nitriles is 1. The van der Waals surface area contributed by atoms with Crippen LogP contribution in [-0.4, -0.2) is 6.54 Å². The lowest BCUT2D eigenvalue weighted by molar-refractivity contribution is -0.138. The van der Waals surface area contributed by atoms with Crippen LogP contribution in [0.5, 0.6) is 0 Å². The minimum Gasteiger partial charge on any atom is -0.378 e. The SMILES string of the molecule is Cl.N#C[C@@H]1C[C@@H]2[C@H](C1)c1cc(C(F)(F)F)ccc1N[C@H]2c1ccccc1.NC[C@@H]1C[C@@H]2[C@H](C1)c1cc(C(F)(F)F)ccc1N[C@H]2c1ccccc1. The van der Waals surface area contributed by atoms with Crippen molar-refractivity contribution < 1.29 is 26.3 Å². The molecule has 2 fully saturated rings. The van der Waals surface area contributed by atoms with Crippen molar-refractivity contribution in [3.05, 3.63) is 130 Å². The first-order chi connectivity index (χ1) is 23.9. The molecule has 0 unspecified atom stereocenters. The molecule has 2 heterocycles.